The molecule has 162 valence electrons. The summed E-state index contributed by atoms with van der Waals surface area (Å²) in [6.07, 6.45) is 0. The number of hydrogen-bond donors (Lipinski definition) is 1. The molecule has 3 aromatic rings. The van der Waals surface area contributed by atoms with Crippen molar-refractivity contribution in [1.82, 2.24) is 0 Å². The van der Waals surface area contributed by atoms with Gasteiger partial charge in [-0.2, -0.15) is 0 Å². The van der Waals surface area contributed by atoms with Crippen molar-refractivity contribution in [1.29, 1.82) is 0 Å². The highest BCUT2D eigenvalue weighted by atomic mass is 35.5. The summed E-state index contributed by atoms with van der Waals surface area (Å²) >= 11 is 5.96. The summed E-state index contributed by atoms with van der Waals surface area (Å²) < 4.78 is 38.4. The van der Waals surface area contributed by atoms with E-state index in [4.69, 9.17) is 21.1 Å². The molecule has 0 radical (unpaired) electrons. The summed E-state index contributed by atoms with van der Waals surface area (Å²) in [5.74, 6) is 0.140. The highest BCUT2D eigenvalue weighted by Gasteiger charge is 2.28. The molecule has 0 saturated heterocycles. The Kier molecular flexibility index (Phi) is 7.04. The molecule has 0 spiro atoms. The number of anilines is 2. The maximum Gasteiger partial charge on any atom is 0.264 e. The number of halogens is 1. The van der Waals surface area contributed by atoms with E-state index in [0.717, 1.165) is 4.31 Å². The van der Waals surface area contributed by atoms with Gasteiger partial charge < -0.3 is 14.8 Å². The van der Waals surface area contributed by atoms with Crippen LogP contribution in [-0.4, -0.2) is 35.1 Å². The number of nitrogens with zero attached hydrogens (tertiary/aromatic N) is 1. The number of amides is 1. The minimum atomic E-state index is -4.10. The van der Waals surface area contributed by atoms with E-state index in [9.17, 15) is 13.2 Å². The largest absolute Gasteiger partial charge is 0.493 e. The Morgan fingerprint density at radius 2 is 1.65 bits per heavy atom. The second kappa shape index (κ2) is 9.72. The van der Waals surface area contributed by atoms with Gasteiger partial charge in [-0.25, -0.2) is 8.42 Å². The molecule has 31 heavy (non-hydrogen) atoms. The first-order valence-corrected chi connectivity index (χ1v) is 11.0. The van der Waals surface area contributed by atoms with Crippen LogP contribution < -0.4 is 19.1 Å². The third-order valence-electron chi connectivity index (χ3n) is 4.38. The number of rotatable bonds is 8. The van der Waals surface area contributed by atoms with Gasteiger partial charge in [-0.05, 0) is 42.5 Å². The average molecular weight is 461 g/mol. The highest BCUT2D eigenvalue weighted by Crippen LogP contribution is 2.32. The van der Waals surface area contributed by atoms with Crippen LogP contribution in [0.25, 0.3) is 0 Å². The molecule has 0 atom stereocenters. The van der Waals surface area contributed by atoms with Crippen molar-refractivity contribution in [3.05, 3.63) is 77.8 Å². The van der Waals surface area contributed by atoms with Gasteiger partial charge >= 0.3 is 0 Å². The van der Waals surface area contributed by atoms with Crippen molar-refractivity contribution in [3.63, 3.8) is 0 Å². The van der Waals surface area contributed by atoms with Crippen LogP contribution in [-0.2, 0) is 14.8 Å². The van der Waals surface area contributed by atoms with Crippen LogP contribution in [0.1, 0.15) is 0 Å². The van der Waals surface area contributed by atoms with Crippen LogP contribution in [0.4, 0.5) is 11.4 Å². The minimum absolute atomic E-state index is 0.0374. The molecule has 0 heterocycles. The molecule has 7 nitrogen and oxygen atoms in total. The van der Waals surface area contributed by atoms with E-state index in [0.29, 0.717) is 22.1 Å². The molecule has 0 bridgehead atoms. The zero-order valence-corrected chi connectivity index (χ0v) is 18.5. The van der Waals surface area contributed by atoms with Gasteiger partial charge in [0.05, 0.1) is 24.8 Å². The standard InChI is InChI=1S/C22H21ClN2O5S/c1-29-20-12-11-19(14-21(20)30-2)31(27,28)25(18-9-4-3-5-10-18)15-22(26)24-17-8-6-7-16(23)13-17/h3-14H,15H2,1-2H3,(H,24,26). The third kappa shape index (κ3) is 5.28. The monoisotopic (exact) mass is 460 g/mol. The van der Waals surface area contributed by atoms with Crippen LogP contribution in [0.15, 0.2) is 77.7 Å². The lowest BCUT2D eigenvalue weighted by Gasteiger charge is -2.24. The van der Waals surface area contributed by atoms with Gasteiger partial charge in [-0.15, -0.1) is 0 Å². The fourth-order valence-corrected chi connectivity index (χ4v) is 4.54. The van der Waals surface area contributed by atoms with Crippen LogP contribution in [0.3, 0.4) is 0 Å². The smallest absolute Gasteiger partial charge is 0.264 e. The Morgan fingerprint density at radius 1 is 0.935 bits per heavy atom. The van der Waals surface area contributed by atoms with Crippen molar-refractivity contribution in [2.75, 3.05) is 30.4 Å². The molecule has 0 aliphatic carbocycles. The number of carbonyl (C=O) groups is 1. The van der Waals surface area contributed by atoms with Gasteiger partial charge in [0, 0.05) is 16.8 Å². The van der Waals surface area contributed by atoms with E-state index >= 15 is 0 Å². The Bertz CT molecular complexity index is 1170. The summed E-state index contributed by atoms with van der Waals surface area (Å²) in [4.78, 5) is 12.7. The number of benzene rings is 3. The van der Waals surface area contributed by atoms with Gasteiger partial charge in [0.2, 0.25) is 5.91 Å². The van der Waals surface area contributed by atoms with E-state index in [1.54, 1.807) is 54.6 Å². The van der Waals surface area contributed by atoms with Gasteiger partial charge in [-0.1, -0.05) is 35.9 Å². The van der Waals surface area contributed by atoms with Crippen LogP contribution in [0.5, 0.6) is 11.5 Å². The lowest BCUT2D eigenvalue weighted by atomic mass is 10.3. The number of methoxy groups -OCH3 is 2. The summed E-state index contributed by atoms with van der Waals surface area (Å²) in [6.45, 7) is -0.437. The molecule has 0 unspecified atom stereocenters. The van der Waals surface area contributed by atoms with E-state index in [-0.39, 0.29) is 10.6 Å². The van der Waals surface area contributed by atoms with Crippen molar-refractivity contribution in [2.45, 2.75) is 4.90 Å². The fraction of sp³-hybridized carbons (Fsp3) is 0.136. The molecular formula is C22H21ClN2O5S. The van der Waals surface area contributed by atoms with Crippen molar-refractivity contribution >= 4 is 38.9 Å². The second-order valence-electron chi connectivity index (χ2n) is 6.42. The van der Waals surface area contributed by atoms with Gasteiger partial charge in [0.15, 0.2) is 11.5 Å². The Morgan fingerprint density at radius 3 is 2.29 bits per heavy atom. The second-order valence-corrected chi connectivity index (χ2v) is 8.72. The summed E-state index contributed by atoms with van der Waals surface area (Å²) in [5, 5.41) is 3.13. The molecule has 0 aliphatic heterocycles. The quantitative estimate of drug-likeness (QED) is 0.544. The van der Waals surface area contributed by atoms with Gasteiger partial charge in [-0.3, -0.25) is 9.10 Å². The zero-order chi connectivity index (χ0) is 22.4. The lowest BCUT2D eigenvalue weighted by molar-refractivity contribution is -0.114. The minimum Gasteiger partial charge on any atom is -0.493 e. The van der Waals surface area contributed by atoms with E-state index in [1.165, 1.54) is 32.4 Å². The fourth-order valence-electron chi connectivity index (χ4n) is 2.91. The Hall–Kier alpha value is -3.23. The molecular weight excluding hydrogens is 440 g/mol. The molecule has 0 aromatic heterocycles. The maximum absolute atomic E-state index is 13.5. The molecule has 3 aromatic carbocycles. The van der Waals surface area contributed by atoms with E-state index in [1.807, 2.05) is 0 Å². The number of carbonyl (C=O) groups excluding carboxylic acids is 1. The number of hydrogen-bond acceptors (Lipinski definition) is 5. The van der Waals surface area contributed by atoms with Crippen LogP contribution >= 0.6 is 11.6 Å². The topological polar surface area (TPSA) is 84.9 Å². The molecule has 9 heteroatoms. The normalized spacial score (nSPS) is 10.9. The third-order valence-corrected chi connectivity index (χ3v) is 6.39. The summed E-state index contributed by atoms with van der Waals surface area (Å²) in [7, 11) is -1.22. The predicted octanol–water partition coefficient (Wildman–Crippen LogP) is 4.19. The first-order chi connectivity index (χ1) is 14.8. The SMILES string of the molecule is COc1ccc(S(=O)(=O)N(CC(=O)Nc2cccc(Cl)c2)c2ccccc2)cc1OC. The molecule has 0 aliphatic rings. The average Bonchev–Trinajstić information content (AvgIpc) is 2.77. The van der Waals surface area contributed by atoms with Crippen molar-refractivity contribution in [2.24, 2.45) is 0 Å². The first kappa shape index (κ1) is 22.5. The highest BCUT2D eigenvalue weighted by molar-refractivity contribution is 7.92. The van der Waals surface area contributed by atoms with Crippen LogP contribution in [0.2, 0.25) is 5.02 Å². The Balaban J connectivity index is 1.96. The van der Waals surface area contributed by atoms with E-state index < -0.39 is 22.5 Å². The molecule has 0 fully saturated rings. The van der Waals surface area contributed by atoms with Gasteiger partial charge in [0.1, 0.15) is 6.54 Å². The number of nitrogens with one attached hydrogen (secondary N) is 1. The number of ether oxygens (including phenoxy) is 2. The number of sulfonamides is 1. The van der Waals surface area contributed by atoms with Gasteiger partial charge in [0.25, 0.3) is 10.0 Å². The van der Waals surface area contributed by atoms with E-state index in [2.05, 4.69) is 5.32 Å². The van der Waals surface area contributed by atoms with Crippen molar-refractivity contribution in [3.8, 4) is 11.5 Å². The van der Waals surface area contributed by atoms with Crippen molar-refractivity contribution < 1.29 is 22.7 Å². The summed E-state index contributed by atoms with van der Waals surface area (Å²) in [5.41, 5.74) is 0.813. The summed E-state index contributed by atoms with van der Waals surface area (Å²) in [6, 6.07) is 19.3. The van der Waals surface area contributed by atoms with Crippen LogP contribution in [0, 0.1) is 0 Å². The number of para-hydroxylation sites is 1. The molecule has 1 amide bonds. The zero-order valence-electron chi connectivity index (χ0n) is 16.9. The maximum atomic E-state index is 13.5. The predicted molar refractivity (Wildman–Crippen MR) is 121 cm³/mol. The molecule has 1 N–H and O–H groups in total. The Labute approximate surface area is 186 Å². The first-order valence-electron chi connectivity index (χ1n) is 9.20. The molecule has 0 saturated carbocycles. The molecule has 3 rings (SSSR count). The lowest BCUT2D eigenvalue weighted by Crippen LogP contribution is -2.38.